The number of halogens is 1. The molecule has 0 aromatic carbocycles. The molecule has 0 spiro atoms. The fourth-order valence-corrected chi connectivity index (χ4v) is 1.46. The van der Waals surface area contributed by atoms with Crippen LogP contribution in [-0.2, 0) is 0 Å². The Bertz CT molecular complexity index is 332. The van der Waals surface area contributed by atoms with E-state index in [4.69, 9.17) is 11.6 Å². The van der Waals surface area contributed by atoms with Gasteiger partial charge in [-0.3, -0.25) is 4.79 Å². The number of hydrogen-bond donors (Lipinski definition) is 1. The summed E-state index contributed by atoms with van der Waals surface area (Å²) in [6, 6.07) is 0. The number of nitrogens with zero attached hydrogens (tertiary/aromatic N) is 2. The normalized spacial score (nSPS) is 10.1. The van der Waals surface area contributed by atoms with Gasteiger partial charge in [0.1, 0.15) is 5.69 Å². The average molecular weight is 202 g/mol. The van der Waals surface area contributed by atoms with E-state index in [0.717, 1.165) is 13.1 Å². The van der Waals surface area contributed by atoms with Crippen molar-refractivity contribution < 1.29 is 0 Å². The van der Waals surface area contributed by atoms with Gasteiger partial charge < -0.3 is 4.90 Å². The summed E-state index contributed by atoms with van der Waals surface area (Å²) in [5.74, 6) is 0. The van der Waals surface area contributed by atoms with Crippen molar-refractivity contribution >= 4 is 17.3 Å². The number of aromatic nitrogens is 2. The molecule has 1 aromatic rings. The molecule has 0 radical (unpaired) electrons. The summed E-state index contributed by atoms with van der Waals surface area (Å²) in [6.07, 6.45) is 1.44. The van der Waals surface area contributed by atoms with Crippen molar-refractivity contribution in [2.45, 2.75) is 13.8 Å². The van der Waals surface area contributed by atoms with Crippen molar-refractivity contribution in [3.05, 3.63) is 21.6 Å². The Morgan fingerprint density at radius 2 is 2.15 bits per heavy atom. The molecule has 0 aliphatic heterocycles. The first-order valence-electron chi connectivity index (χ1n) is 4.18. The lowest BCUT2D eigenvalue weighted by Gasteiger charge is -2.20. The van der Waals surface area contributed by atoms with E-state index in [9.17, 15) is 4.79 Å². The zero-order valence-corrected chi connectivity index (χ0v) is 8.43. The summed E-state index contributed by atoms with van der Waals surface area (Å²) in [5, 5.41) is 6.35. The quantitative estimate of drug-likeness (QED) is 0.802. The van der Waals surface area contributed by atoms with Gasteiger partial charge in [0, 0.05) is 13.1 Å². The average Bonchev–Trinajstić information content (AvgIpc) is 2.11. The number of H-pyrrole nitrogens is 1. The Morgan fingerprint density at radius 3 is 2.62 bits per heavy atom. The number of anilines is 1. The van der Waals surface area contributed by atoms with Crippen molar-refractivity contribution in [2.24, 2.45) is 0 Å². The SMILES string of the molecule is CCN(CC)c1c(Cl)cn[nH]c1=O. The third kappa shape index (κ3) is 2.01. The fourth-order valence-electron chi connectivity index (χ4n) is 1.20. The second-order valence-electron chi connectivity index (χ2n) is 2.57. The topological polar surface area (TPSA) is 49.0 Å². The molecule has 0 unspecified atom stereocenters. The zero-order chi connectivity index (χ0) is 9.84. The van der Waals surface area contributed by atoms with E-state index >= 15 is 0 Å². The molecule has 72 valence electrons. The van der Waals surface area contributed by atoms with Crippen LogP contribution in [0, 0.1) is 0 Å². The summed E-state index contributed by atoms with van der Waals surface area (Å²) in [7, 11) is 0. The Hall–Kier alpha value is -1.03. The van der Waals surface area contributed by atoms with Crippen molar-refractivity contribution in [3.63, 3.8) is 0 Å². The lowest BCUT2D eigenvalue weighted by Crippen LogP contribution is -2.29. The van der Waals surface area contributed by atoms with E-state index in [1.807, 2.05) is 18.7 Å². The van der Waals surface area contributed by atoms with Crippen molar-refractivity contribution in [2.75, 3.05) is 18.0 Å². The largest absolute Gasteiger partial charge is 0.366 e. The molecular weight excluding hydrogens is 190 g/mol. The summed E-state index contributed by atoms with van der Waals surface area (Å²) in [5.41, 5.74) is 0.262. The zero-order valence-electron chi connectivity index (χ0n) is 7.67. The van der Waals surface area contributed by atoms with Gasteiger partial charge in [0.05, 0.1) is 11.2 Å². The monoisotopic (exact) mass is 201 g/mol. The highest BCUT2D eigenvalue weighted by atomic mass is 35.5. The first-order chi connectivity index (χ1) is 6.20. The molecule has 0 saturated heterocycles. The molecule has 0 aliphatic rings. The highest BCUT2D eigenvalue weighted by molar-refractivity contribution is 6.33. The lowest BCUT2D eigenvalue weighted by atomic mass is 10.4. The van der Waals surface area contributed by atoms with E-state index in [0.29, 0.717) is 10.7 Å². The van der Waals surface area contributed by atoms with E-state index in [1.165, 1.54) is 6.20 Å². The minimum Gasteiger partial charge on any atom is -0.366 e. The lowest BCUT2D eigenvalue weighted by molar-refractivity contribution is 0.843. The van der Waals surface area contributed by atoms with Gasteiger partial charge in [-0.25, -0.2) is 5.10 Å². The molecule has 0 bridgehead atoms. The molecule has 1 N–H and O–H groups in total. The van der Waals surface area contributed by atoms with Gasteiger partial charge in [-0.15, -0.1) is 0 Å². The highest BCUT2D eigenvalue weighted by Gasteiger charge is 2.10. The number of aromatic amines is 1. The molecule has 0 atom stereocenters. The maximum atomic E-state index is 11.4. The van der Waals surface area contributed by atoms with Crippen LogP contribution < -0.4 is 10.5 Å². The molecule has 5 heteroatoms. The van der Waals surface area contributed by atoms with Crippen molar-refractivity contribution in [1.82, 2.24) is 10.2 Å². The van der Waals surface area contributed by atoms with Crippen LogP contribution in [-0.4, -0.2) is 23.3 Å². The number of nitrogens with one attached hydrogen (secondary N) is 1. The molecule has 13 heavy (non-hydrogen) atoms. The van der Waals surface area contributed by atoms with Crippen molar-refractivity contribution in [1.29, 1.82) is 0 Å². The summed E-state index contributed by atoms with van der Waals surface area (Å²) in [4.78, 5) is 13.2. The van der Waals surface area contributed by atoms with Crippen LogP contribution in [0.3, 0.4) is 0 Å². The van der Waals surface area contributed by atoms with Gasteiger partial charge in [0.15, 0.2) is 0 Å². The van der Waals surface area contributed by atoms with Crippen LogP contribution in [0.5, 0.6) is 0 Å². The van der Waals surface area contributed by atoms with Crippen LogP contribution in [0.15, 0.2) is 11.0 Å². The first-order valence-corrected chi connectivity index (χ1v) is 4.56. The minimum atomic E-state index is -0.240. The van der Waals surface area contributed by atoms with Crippen LogP contribution in [0.1, 0.15) is 13.8 Å². The maximum Gasteiger partial charge on any atom is 0.289 e. The summed E-state index contributed by atoms with van der Waals surface area (Å²) >= 11 is 5.86. The molecule has 0 amide bonds. The van der Waals surface area contributed by atoms with E-state index in [-0.39, 0.29) is 5.56 Å². The molecule has 1 aromatic heterocycles. The second kappa shape index (κ2) is 4.28. The maximum absolute atomic E-state index is 11.4. The first kappa shape index (κ1) is 10.1. The van der Waals surface area contributed by atoms with Crippen LogP contribution in [0.25, 0.3) is 0 Å². The third-order valence-corrected chi connectivity index (χ3v) is 2.14. The Morgan fingerprint density at radius 1 is 1.54 bits per heavy atom. The molecule has 1 rings (SSSR count). The van der Waals surface area contributed by atoms with E-state index in [2.05, 4.69) is 10.2 Å². The third-order valence-electron chi connectivity index (χ3n) is 1.86. The van der Waals surface area contributed by atoms with Crippen LogP contribution in [0.2, 0.25) is 5.02 Å². The van der Waals surface area contributed by atoms with Crippen molar-refractivity contribution in [3.8, 4) is 0 Å². The van der Waals surface area contributed by atoms with Gasteiger partial charge >= 0.3 is 0 Å². The predicted octanol–water partition coefficient (Wildman–Crippen LogP) is 1.27. The smallest absolute Gasteiger partial charge is 0.289 e. The molecule has 0 fully saturated rings. The van der Waals surface area contributed by atoms with Crippen LogP contribution in [0.4, 0.5) is 5.69 Å². The number of rotatable bonds is 3. The fraction of sp³-hybridized carbons (Fsp3) is 0.500. The molecular formula is C8H12ClN3O. The standard InChI is InChI=1S/C8H12ClN3O/c1-3-12(4-2)7-6(9)5-10-11-8(7)13/h5H,3-4H2,1-2H3,(H,11,13). The Kier molecular flexibility index (Phi) is 3.31. The van der Waals surface area contributed by atoms with Gasteiger partial charge in [0.2, 0.25) is 0 Å². The summed E-state index contributed by atoms with van der Waals surface area (Å²) in [6.45, 7) is 5.45. The van der Waals surface area contributed by atoms with Gasteiger partial charge in [-0.2, -0.15) is 5.10 Å². The summed E-state index contributed by atoms with van der Waals surface area (Å²) < 4.78 is 0. The van der Waals surface area contributed by atoms with Gasteiger partial charge in [0.25, 0.3) is 5.56 Å². The highest BCUT2D eigenvalue weighted by Crippen LogP contribution is 2.18. The van der Waals surface area contributed by atoms with E-state index in [1.54, 1.807) is 0 Å². The number of hydrogen-bond acceptors (Lipinski definition) is 3. The predicted molar refractivity (Wildman–Crippen MR) is 53.4 cm³/mol. The second-order valence-corrected chi connectivity index (χ2v) is 2.98. The molecule has 4 nitrogen and oxygen atoms in total. The molecule has 0 saturated carbocycles. The van der Waals surface area contributed by atoms with E-state index < -0.39 is 0 Å². The minimum absolute atomic E-state index is 0.240. The Labute approximate surface area is 81.5 Å². The van der Waals surface area contributed by atoms with Gasteiger partial charge in [-0.1, -0.05) is 11.6 Å². The van der Waals surface area contributed by atoms with Crippen LogP contribution >= 0.6 is 11.6 Å². The Balaban J connectivity index is 3.18. The molecule has 0 aliphatic carbocycles. The molecule has 1 heterocycles. The van der Waals surface area contributed by atoms with Gasteiger partial charge in [-0.05, 0) is 13.8 Å².